The molecule has 1 atom stereocenters. The number of anilines is 1. The molecule has 0 saturated heterocycles. The number of sulfone groups is 1. The molecule has 0 aliphatic heterocycles. The zero-order valence-electron chi connectivity index (χ0n) is 25.4. The zero-order chi connectivity index (χ0) is 32.2. The Hall–Kier alpha value is -3.35. The van der Waals surface area contributed by atoms with E-state index in [0.717, 1.165) is 53.3 Å². The van der Waals surface area contributed by atoms with E-state index < -0.39 is 44.7 Å². The molecule has 0 fully saturated rings. The van der Waals surface area contributed by atoms with Crippen molar-refractivity contribution < 1.29 is 32.2 Å². The number of aromatic nitrogens is 1. The lowest BCUT2D eigenvalue weighted by molar-refractivity contribution is -0.135. The lowest BCUT2D eigenvalue weighted by Crippen LogP contribution is -2.48. The first kappa shape index (κ1) is 34.1. The molecule has 3 aromatic rings. The molecule has 1 unspecified atom stereocenters. The Kier molecular flexibility index (Phi) is 10.4. The number of benzene rings is 1. The van der Waals surface area contributed by atoms with Crippen LogP contribution in [0.5, 0.6) is 0 Å². The summed E-state index contributed by atoms with van der Waals surface area (Å²) in [4.78, 5) is 29.3. The topological polar surface area (TPSA) is 140 Å². The Morgan fingerprint density at radius 2 is 1.70 bits per heavy atom. The molecule has 0 saturated carbocycles. The molecule has 3 rings (SSSR count). The number of pyridine rings is 1. The summed E-state index contributed by atoms with van der Waals surface area (Å²) in [6, 6.07) is 12.4. The van der Waals surface area contributed by atoms with E-state index in [-0.39, 0.29) is 28.2 Å². The first-order valence-electron chi connectivity index (χ1n) is 14.0. The first-order chi connectivity index (χ1) is 19.9. The van der Waals surface area contributed by atoms with E-state index >= 15 is 0 Å². The van der Waals surface area contributed by atoms with Crippen molar-refractivity contribution in [2.45, 2.75) is 88.0 Å². The van der Waals surface area contributed by atoms with Gasteiger partial charge in [0, 0.05) is 16.2 Å². The molecule has 234 valence electrons. The van der Waals surface area contributed by atoms with Crippen molar-refractivity contribution in [2.75, 3.05) is 11.4 Å². The maximum atomic E-state index is 14.2. The fourth-order valence-corrected chi connectivity index (χ4v) is 7.46. The zero-order valence-corrected chi connectivity index (χ0v) is 27.0. The van der Waals surface area contributed by atoms with Crippen LogP contribution in [-0.4, -0.2) is 42.7 Å². The van der Waals surface area contributed by atoms with Crippen LogP contribution in [0.4, 0.5) is 15.0 Å². The fraction of sp³-hybridized carbons (Fsp3) is 0.452. The van der Waals surface area contributed by atoms with Gasteiger partial charge in [-0.05, 0) is 81.1 Å². The molecular weight excluding hydrogens is 593 g/mol. The van der Waals surface area contributed by atoms with Gasteiger partial charge in [-0.15, -0.1) is 11.3 Å². The molecule has 0 aliphatic rings. The summed E-state index contributed by atoms with van der Waals surface area (Å²) in [6.45, 7) is 10.5. The van der Waals surface area contributed by atoms with Crippen LogP contribution in [-0.2, 0) is 36.1 Å². The minimum Gasteiger partial charge on any atom is -0.480 e. The van der Waals surface area contributed by atoms with E-state index in [1.54, 1.807) is 20.8 Å². The number of thiophene rings is 1. The van der Waals surface area contributed by atoms with Gasteiger partial charge in [-0.3, -0.25) is 9.69 Å². The lowest BCUT2D eigenvalue weighted by atomic mass is 9.86. The third kappa shape index (κ3) is 8.18. The van der Waals surface area contributed by atoms with Gasteiger partial charge in [0.05, 0.1) is 10.6 Å². The molecule has 0 bridgehead atoms. The van der Waals surface area contributed by atoms with Gasteiger partial charge in [0.15, 0.2) is 4.87 Å². The van der Waals surface area contributed by atoms with E-state index in [2.05, 4.69) is 25.8 Å². The molecular formula is C31H40FN3O6S2. The summed E-state index contributed by atoms with van der Waals surface area (Å²) in [5.41, 5.74) is 5.68. The van der Waals surface area contributed by atoms with Gasteiger partial charge < -0.3 is 15.6 Å². The molecule has 1 aromatic carbocycles. The summed E-state index contributed by atoms with van der Waals surface area (Å²) in [5.74, 6) is -2.08. The number of aliphatic carboxylic acids is 1. The summed E-state index contributed by atoms with van der Waals surface area (Å²) >= 11 is 1.46. The molecule has 2 aromatic heterocycles. The second kappa shape index (κ2) is 13.1. The number of hydrogen-bond acceptors (Lipinski definition) is 8. The number of carbonyl (C=O) groups is 2. The van der Waals surface area contributed by atoms with E-state index in [4.69, 9.17) is 10.5 Å². The Bertz CT molecular complexity index is 1550. The number of halogens is 1. The van der Waals surface area contributed by atoms with Gasteiger partial charge in [0.2, 0.25) is 9.84 Å². The van der Waals surface area contributed by atoms with E-state index in [1.807, 2.05) is 12.1 Å². The second-order valence-electron chi connectivity index (χ2n) is 12.1. The van der Waals surface area contributed by atoms with Gasteiger partial charge in [0.1, 0.15) is 23.8 Å². The molecule has 2 heterocycles. The van der Waals surface area contributed by atoms with Crippen molar-refractivity contribution in [1.82, 2.24) is 4.98 Å². The Labute approximate surface area is 256 Å². The Morgan fingerprint density at radius 3 is 2.28 bits per heavy atom. The third-order valence-corrected chi connectivity index (χ3v) is 10.5. The smallest absolute Gasteiger partial charge is 0.416 e. The number of nitrogens with zero attached hydrogens (tertiary/aromatic N) is 2. The predicted octanol–water partition coefficient (Wildman–Crippen LogP) is 6.40. The van der Waals surface area contributed by atoms with E-state index in [9.17, 15) is 27.5 Å². The van der Waals surface area contributed by atoms with Crippen LogP contribution < -0.4 is 10.6 Å². The van der Waals surface area contributed by atoms with Crippen LogP contribution in [0.1, 0.15) is 76.3 Å². The average molecular weight is 634 g/mol. The van der Waals surface area contributed by atoms with Crippen molar-refractivity contribution in [3.8, 4) is 0 Å². The average Bonchev–Trinajstić information content (AvgIpc) is 3.39. The number of carboxylic acid groups (broad SMARTS) is 1. The molecule has 1 amide bonds. The minimum absolute atomic E-state index is 0.117. The number of carboxylic acids is 1. The van der Waals surface area contributed by atoms with Gasteiger partial charge in [-0.1, -0.05) is 39.7 Å². The Morgan fingerprint density at radius 1 is 1.05 bits per heavy atom. The number of rotatable bonds is 12. The maximum Gasteiger partial charge on any atom is 0.416 e. The molecule has 0 aliphatic carbocycles. The summed E-state index contributed by atoms with van der Waals surface area (Å²) in [6.07, 6.45) is 1.90. The highest BCUT2D eigenvalue weighted by Crippen LogP contribution is 2.39. The van der Waals surface area contributed by atoms with Crippen LogP contribution in [0.3, 0.4) is 0 Å². The van der Waals surface area contributed by atoms with Crippen LogP contribution in [0, 0.1) is 5.82 Å². The van der Waals surface area contributed by atoms with Crippen molar-refractivity contribution in [3.63, 3.8) is 0 Å². The number of carbonyl (C=O) groups excluding carboxylic acids is 1. The first-order valence-corrected chi connectivity index (χ1v) is 16.3. The number of nitrogens with two attached hydrogens (primary N) is 1. The number of hydrogen-bond donors (Lipinski definition) is 2. The van der Waals surface area contributed by atoms with Crippen molar-refractivity contribution in [1.29, 1.82) is 0 Å². The molecule has 9 nitrogen and oxygen atoms in total. The monoisotopic (exact) mass is 633 g/mol. The van der Waals surface area contributed by atoms with Crippen LogP contribution in [0.15, 0.2) is 59.5 Å². The van der Waals surface area contributed by atoms with Crippen molar-refractivity contribution >= 4 is 39.1 Å². The molecule has 12 heteroatoms. The van der Waals surface area contributed by atoms with Crippen molar-refractivity contribution in [2.24, 2.45) is 5.73 Å². The molecule has 43 heavy (non-hydrogen) atoms. The highest BCUT2D eigenvalue weighted by atomic mass is 32.2. The second-order valence-corrected chi connectivity index (χ2v) is 15.5. The number of unbranched alkanes of at least 4 members (excludes halogenated alkanes) is 1. The summed E-state index contributed by atoms with van der Waals surface area (Å²) < 4.78 is 47.6. The maximum absolute atomic E-state index is 14.2. The lowest BCUT2D eigenvalue weighted by Gasteiger charge is -2.30. The number of amides is 1. The predicted molar refractivity (Wildman–Crippen MR) is 165 cm³/mol. The van der Waals surface area contributed by atoms with Crippen LogP contribution in [0.25, 0.3) is 0 Å². The van der Waals surface area contributed by atoms with Gasteiger partial charge >= 0.3 is 12.1 Å². The highest BCUT2D eigenvalue weighted by Gasteiger charge is 2.45. The van der Waals surface area contributed by atoms with Crippen LogP contribution in [0.2, 0.25) is 0 Å². The third-order valence-electron chi connectivity index (χ3n) is 6.88. The minimum atomic E-state index is -4.42. The fourth-order valence-electron chi connectivity index (χ4n) is 4.49. The standard InChI is InChI=1S/C31H40FN3O6S2/c1-7-8-18-30(5,6)25-17-14-22(42-25)19-31(33,43(39,40)23-15-12-21(32)13-16-23)24-10-9-11-26(34-24)35(20-27(36)37)28(38)41-29(2,3)4/h9-17H,7-8,18-20,33H2,1-6H3,(H,36,37). The van der Waals surface area contributed by atoms with Crippen molar-refractivity contribution in [3.05, 3.63) is 75.9 Å². The van der Waals surface area contributed by atoms with Gasteiger partial charge in [-0.25, -0.2) is 22.6 Å². The SMILES string of the molecule is CCCCC(C)(C)c1ccc(CC(N)(c2cccc(N(CC(=O)O)C(=O)OC(C)(C)C)n2)S(=O)(=O)c2ccc(F)cc2)s1. The summed E-state index contributed by atoms with van der Waals surface area (Å²) in [7, 11) is -4.42. The molecule has 0 radical (unpaired) electrons. The molecule has 3 N–H and O–H groups in total. The largest absolute Gasteiger partial charge is 0.480 e. The van der Waals surface area contributed by atoms with Gasteiger partial charge in [-0.2, -0.15) is 0 Å². The summed E-state index contributed by atoms with van der Waals surface area (Å²) in [5, 5.41) is 9.51. The quantitative estimate of drug-likeness (QED) is 0.218. The Balaban J connectivity index is 2.16. The van der Waals surface area contributed by atoms with Crippen LogP contribution >= 0.6 is 11.3 Å². The normalized spacial score (nSPS) is 13.8. The highest BCUT2D eigenvalue weighted by molar-refractivity contribution is 7.92. The van der Waals surface area contributed by atoms with E-state index in [0.29, 0.717) is 4.88 Å². The van der Waals surface area contributed by atoms with Gasteiger partial charge in [0.25, 0.3) is 0 Å². The number of ether oxygens (including phenoxy) is 1. The molecule has 0 spiro atoms. The van der Waals surface area contributed by atoms with E-state index in [1.165, 1.54) is 29.5 Å².